The second-order valence-electron chi connectivity index (χ2n) is 6.30. The van der Waals surface area contributed by atoms with E-state index in [1.54, 1.807) is 0 Å². The molecule has 12 heteroatoms. The summed E-state index contributed by atoms with van der Waals surface area (Å²) in [7, 11) is -5.78. The number of nitro groups is 1. The number of nitrogens with zero attached hydrogens (tertiary/aromatic N) is 2. The Bertz CT molecular complexity index is 1070. The highest BCUT2D eigenvalue weighted by atomic mass is 32.2. The van der Waals surface area contributed by atoms with E-state index < -0.39 is 37.3 Å². The van der Waals surface area contributed by atoms with Crippen LogP contribution in [0.1, 0.15) is 24.0 Å². The minimum Gasteiger partial charge on any atom is -0.336 e. The highest BCUT2D eigenvalue weighted by Gasteiger charge is 2.47. The van der Waals surface area contributed by atoms with Gasteiger partial charge >= 0.3 is 5.51 Å². The quantitative estimate of drug-likeness (QED) is 0.387. The molecule has 0 saturated carbocycles. The Hall–Kier alpha value is -2.76. The molecule has 0 N–H and O–H groups in total. The summed E-state index contributed by atoms with van der Waals surface area (Å²) in [6.07, 6.45) is -1.73. The van der Waals surface area contributed by atoms with Crippen molar-refractivity contribution in [2.45, 2.75) is 29.7 Å². The predicted octanol–water partition coefficient (Wildman–Crippen LogP) is 4.91. The Labute approximate surface area is 161 Å². The molecular weight excluding hydrogens is 423 g/mol. The van der Waals surface area contributed by atoms with E-state index in [1.807, 2.05) is 0 Å². The summed E-state index contributed by atoms with van der Waals surface area (Å²) < 4.78 is 87.7. The number of halogens is 5. The standard InChI is InChI=1S/C17H13F5N2O4S/c18-16(19)11-4-3-10-2-1-7-23(14(10)8-11)13-6-5-12(9-15(13)24(25)26)29(27,28)17(20,21)22/h3-6,8-9,16H,1-2,7H2. The van der Waals surface area contributed by atoms with E-state index in [-0.39, 0.29) is 23.5 Å². The molecule has 6 nitrogen and oxygen atoms in total. The first-order valence-electron chi connectivity index (χ1n) is 8.22. The van der Waals surface area contributed by atoms with Crippen LogP contribution in [0.5, 0.6) is 0 Å². The van der Waals surface area contributed by atoms with E-state index in [2.05, 4.69) is 0 Å². The van der Waals surface area contributed by atoms with Gasteiger partial charge in [0, 0.05) is 23.9 Å². The van der Waals surface area contributed by atoms with Gasteiger partial charge in [0.1, 0.15) is 5.69 Å². The molecule has 0 bridgehead atoms. The molecule has 0 aromatic heterocycles. The molecule has 2 aromatic rings. The first kappa shape index (κ1) is 21.0. The van der Waals surface area contributed by atoms with Crippen LogP contribution in [0, 0.1) is 10.1 Å². The number of alkyl halides is 5. The van der Waals surface area contributed by atoms with Crippen LogP contribution in [-0.2, 0) is 16.3 Å². The largest absolute Gasteiger partial charge is 0.501 e. The molecule has 29 heavy (non-hydrogen) atoms. The number of rotatable bonds is 4. The van der Waals surface area contributed by atoms with Crippen LogP contribution in [0.4, 0.5) is 39.0 Å². The molecule has 1 aliphatic heterocycles. The Morgan fingerprint density at radius 3 is 2.34 bits per heavy atom. The van der Waals surface area contributed by atoms with Crippen molar-refractivity contribution in [2.75, 3.05) is 11.4 Å². The fraction of sp³-hybridized carbons (Fsp3) is 0.294. The zero-order chi connectivity index (χ0) is 21.6. The first-order chi connectivity index (χ1) is 13.4. The van der Waals surface area contributed by atoms with Crippen molar-refractivity contribution in [3.05, 3.63) is 57.6 Å². The maximum Gasteiger partial charge on any atom is 0.501 e. The van der Waals surface area contributed by atoms with Crippen molar-refractivity contribution in [1.29, 1.82) is 0 Å². The SMILES string of the molecule is O=[N+]([O-])c1cc(S(=O)(=O)C(F)(F)F)ccc1N1CCCc2ccc(C(F)F)cc21. The molecular formula is C17H13F5N2O4S. The van der Waals surface area contributed by atoms with Crippen molar-refractivity contribution in [2.24, 2.45) is 0 Å². The third-order valence-electron chi connectivity index (χ3n) is 4.53. The van der Waals surface area contributed by atoms with Gasteiger partial charge in [-0.1, -0.05) is 12.1 Å². The van der Waals surface area contributed by atoms with E-state index in [9.17, 15) is 40.5 Å². The van der Waals surface area contributed by atoms with Gasteiger partial charge in [0.15, 0.2) is 0 Å². The van der Waals surface area contributed by atoms with Gasteiger partial charge in [0.25, 0.3) is 22.0 Å². The summed E-state index contributed by atoms with van der Waals surface area (Å²) in [5.41, 5.74) is -6.07. The van der Waals surface area contributed by atoms with Crippen molar-refractivity contribution in [3.8, 4) is 0 Å². The molecule has 0 saturated heterocycles. The highest BCUT2D eigenvalue weighted by Crippen LogP contribution is 2.42. The van der Waals surface area contributed by atoms with E-state index in [0.717, 1.165) is 6.07 Å². The van der Waals surface area contributed by atoms with Crippen molar-refractivity contribution < 1.29 is 35.3 Å². The molecule has 1 heterocycles. The minimum atomic E-state index is -5.78. The monoisotopic (exact) mass is 436 g/mol. The summed E-state index contributed by atoms with van der Waals surface area (Å²) in [5, 5.41) is 11.5. The zero-order valence-electron chi connectivity index (χ0n) is 14.5. The van der Waals surface area contributed by atoms with E-state index in [0.29, 0.717) is 30.5 Å². The van der Waals surface area contributed by atoms with Gasteiger partial charge in [0.05, 0.1) is 9.82 Å². The van der Waals surface area contributed by atoms with Crippen LogP contribution >= 0.6 is 0 Å². The van der Waals surface area contributed by atoms with E-state index >= 15 is 0 Å². The van der Waals surface area contributed by atoms with Crippen molar-refractivity contribution >= 4 is 26.9 Å². The van der Waals surface area contributed by atoms with Gasteiger partial charge in [-0.15, -0.1) is 0 Å². The van der Waals surface area contributed by atoms with E-state index in [4.69, 9.17) is 0 Å². The normalized spacial score (nSPS) is 14.8. The number of hydrogen-bond acceptors (Lipinski definition) is 5. The fourth-order valence-electron chi connectivity index (χ4n) is 3.16. The average Bonchev–Trinajstić information content (AvgIpc) is 2.65. The second kappa shape index (κ2) is 7.25. The molecule has 3 rings (SSSR count). The van der Waals surface area contributed by atoms with E-state index in [1.165, 1.54) is 23.1 Å². The van der Waals surface area contributed by atoms with Gasteiger partial charge in [-0.2, -0.15) is 13.2 Å². The molecule has 0 amide bonds. The molecule has 0 fully saturated rings. The number of nitro benzene ring substituents is 1. The van der Waals surface area contributed by atoms with Gasteiger partial charge in [-0.3, -0.25) is 10.1 Å². The molecule has 0 radical (unpaired) electrons. The Morgan fingerprint density at radius 2 is 1.76 bits per heavy atom. The zero-order valence-corrected chi connectivity index (χ0v) is 15.3. The number of hydrogen-bond donors (Lipinski definition) is 0. The maximum absolute atomic E-state index is 13.1. The van der Waals surface area contributed by atoms with Crippen LogP contribution in [-0.4, -0.2) is 25.4 Å². The van der Waals surface area contributed by atoms with Gasteiger partial charge in [-0.05, 0) is 36.6 Å². The lowest BCUT2D eigenvalue weighted by molar-refractivity contribution is -0.384. The lowest BCUT2D eigenvalue weighted by atomic mass is 9.98. The molecule has 156 valence electrons. The number of fused-ring (bicyclic) bond motifs is 1. The summed E-state index contributed by atoms with van der Waals surface area (Å²) in [4.78, 5) is 10.5. The number of benzene rings is 2. The summed E-state index contributed by atoms with van der Waals surface area (Å²) in [6.45, 7) is 0.186. The Balaban J connectivity index is 2.16. The lowest BCUT2D eigenvalue weighted by Gasteiger charge is -2.31. The predicted molar refractivity (Wildman–Crippen MR) is 93.1 cm³/mol. The van der Waals surface area contributed by atoms with Crippen LogP contribution < -0.4 is 4.90 Å². The molecule has 1 aliphatic rings. The van der Waals surface area contributed by atoms with Crippen molar-refractivity contribution in [3.63, 3.8) is 0 Å². The third kappa shape index (κ3) is 3.76. The molecule has 0 spiro atoms. The Kier molecular flexibility index (Phi) is 5.24. The topological polar surface area (TPSA) is 80.5 Å². The molecule has 0 atom stereocenters. The second-order valence-corrected chi connectivity index (χ2v) is 8.24. The van der Waals surface area contributed by atoms with Crippen molar-refractivity contribution in [1.82, 2.24) is 0 Å². The van der Waals surface area contributed by atoms with Crippen LogP contribution in [0.3, 0.4) is 0 Å². The summed E-state index contributed by atoms with van der Waals surface area (Å²) in [6, 6.07) is 5.72. The smallest absolute Gasteiger partial charge is 0.336 e. The Morgan fingerprint density at radius 1 is 1.07 bits per heavy atom. The fourth-order valence-corrected chi connectivity index (χ4v) is 3.94. The van der Waals surface area contributed by atoms with Gasteiger partial charge < -0.3 is 4.90 Å². The highest BCUT2D eigenvalue weighted by molar-refractivity contribution is 7.92. The van der Waals surface area contributed by atoms with Crippen LogP contribution in [0.15, 0.2) is 41.3 Å². The summed E-state index contributed by atoms with van der Waals surface area (Å²) in [5.74, 6) is 0. The molecule has 0 aliphatic carbocycles. The number of aryl methyl sites for hydroxylation is 1. The maximum atomic E-state index is 13.1. The number of sulfone groups is 1. The average molecular weight is 436 g/mol. The first-order valence-corrected chi connectivity index (χ1v) is 9.70. The summed E-state index contributed by atoms with van der Waals surface area (Å²) >= 11 is 0. The molecule has 0 unspecified atom stereocenters. The third-order valence-corrected chi connectivity index (χ3v) is 6.01. The lowest BCUT2D eigenvalue weighted by Crippen LogP contribution is -2.26. The molecule has 2 aromatic carbocycles. The minimum absolute atomic E-state index is 0.177. The van der Waals surface area contributed by atoms with Crippen LogP contribution in [0.25, 0.3) is 0 Å². The van der Waals surface area contributed by atoms with Crippen LogP contribution in [0.2, 0.25) is 0 Å². The van der Waals surface area contributed by atoms with Gasteiger partial charge in [0.2, 0.25) is 0 Å². The van der Waals surface area contributed by atoms with Gasteiger partial charge in [-0.25, -0.2) is 17.2 Å². The number of anilines is 2.